The van der Waals surface area contributed by atoms with Gasteiger partial charge in [0.15, 0.2) is 0 Å². The Morgan fingerprint density at radius 2 is 1.48 bits per heavy atom. The number of hydrogen-bond donors (Lipinski definition) is 1. The summed E-state index contributed by atoms with van der Waals surface area (Å²) < 4.78 is 5.61. The molecule has 1 atom stereocenters. The van der Waals surface area contributed by atoms with Crippen LogP contribution in [0, 0.1) is 0 Å². The van der Waals surface area contributed by atoms with Crippen LogP contribution >= 0.6 is 11.8 Å². The average molecular weight is 367 g/mol. The number of ether oxygens (including phenoxy) is 1. The first-order valence-electron chi connectivity index (χ1n) is 10.2. The minimum Gasteiger partial charge on any atom is -0.390 e. The van der Waals surface area contributed by atoms with Crippen molar-refractivity contribution in [2.45, 2.75) is 83.0 Å². The first kappa shape index (κ1) is 22.5. The molecule has 3 heteroatoms. The maximum Gasteiger partial charge on any atom is 0.0863 e. The van der Waals surface area contributed by atoms with Gasteiger partial charge in [-0.2, -0.15) is 11.8 Å². The molecule has 0 aliphatic rings. The fourth-order valence-corrected chi connectivity index (χ4v) is 3.76. The highest BCUT2D eigenvalue weighted by Crippen LogP contribution is 2.13. The molecule has 1 aromatic rings. The first-order valence-corrected chi connectivity index (χ1v) is 11.4. The Labute approximate surface area is 159 Å². The van der Waals surface area contributed by atoms with E-state index in [4.69, 9.17) is 4.74 Å². The largest absolute Gasteiger partial charge is 0.390 e. The van der Waals surface area contributed by atoms with Crippen molar-refractivity contribution in [2.75, 3.05) is 19.0 Å². The van der Waals surface area contributed by atoms with Crippen molar-refractivity contribution < 1.29 is 9.84 Å². The Hall–Kier alpha value is -0.510. The van der Waals surface area contributed by atoms with Crippen LogP contribution in [0.2, 0.25) is 0 Å². The standard InChI is InChI=1S/C22H38O2S/c1-2-3-4-5-6-7-8-9-10-14-17-24-18-22(23)20-25-19-21-15-12-11-13-16-21/h11-13,15-16,22-23H,2-10,14,17-20H2,1H3. The third kappa shape index (κ3) is 14.4. The smallest absolute Gasteiger partial charge is 0.0863 e. The molecule has 0 fully saturated rings. The predicted molar refractivity (Wildman–Crippen MR) is 111 cm³/mol. The molecule has 1 aromatic carbocycles. The lowest BCUT2D eigenvalue weighted by Crippen LogP contribution is -2.18. The van der Waals surface area contributed by atoms with E-state index in [9.17, 15) is 5.11 Å². The van der Waals surface area contributed by atoms with Crippen LogP contribution < -0.4 is 0 Å². The van der Waals surface area contributed by atoms with Crippen LogP contribution in [0.25, 0.3) is 0 Å². The predicted octanol–water partition coefficient (Wildman–Crippen LogP) is 6.22. The summed E-state index contributed by atoms with van der Waals surface area (Å²) in [7, 11) is 0. The summed E-state index contributed by atoms with van der Waals surface area (Å²) in [5.41, 5.74) is 1.31. The molecule has 0 bridgehead atoms. The third-order valence-corrected chi connectivity index (χ3v) is 5.53. The second-order valence-corrected chi connectivity index (χ2v) is 7.94. The molecule has 2 nitrogen and oxygen atoms in total. The molecule has 25 heavy (non-hydrogen) atoms. The maximum absolute atomic E-state index is 9.94. The maximum atomic E-state index is 9.94. The van der Waals surface area contributed by atoms with Gasteiger partial charge in [-0.1, -0.05) is 95.0 Å². The minimum atomic E-state index is -0.350. The van der Waals surface area contributed by atoms with Crippen molar-refractivity contribution in [3.63, 3.8) is 0 Å². The van der Waals surface area contributed by atoms with Crippen molar-refractivity contribution in [1.29, 1.82) is 0 Å². The van der Waals surface area contributed by atoms with Crippen LogP contribution in [0.3, 0.4) is 0 Å². The summed E-state index contributed by atoms with van der Waals surface area (Å²) in [6.07, 6.45) is 13.1. The van der Waals surface area contributed by atoms with E-state index in [1.807, 2.05) is 6.07 Å². The van der Waals surface area contributed by atoms with Crippen molar-refractivity contribution in [3.8, 4) is 0 Å². The van der Waals surface area contributed by atoms with Crippen LogP contribution in [-0.4, -0.2) is 30.2 Å². The van der Waals surface area contributed by atoms with Crippen molar-refractivity contribution >= 4 is 11.8 Å². The van der Waals surface area contributed by atoms with E-state index in [0.717, 1.165) is 24.5 Å². The van der Waals surface area contributed by atoms with E-state index >= 15 is 0 Å². The average Bonchev–Trinajstić information content (AvgIpc) is 2.63. The quantitative estimate of drug-likeness (QED) is 0.332. The number of thioether (sulfide) groups is 1. The molecule has 0 saturated carbocycles. The molecular weight excluding hydrogens is 328 g/mol. The van der Waals surface area contributed by atoms with Crippen LogP contribution in [-0.2, 0) is 10.5 Å². The van der Waals surface area contributed by atoms with E-state index < -0.39 is 0 Å². The van der Waals surface area contributed by atoms with Crippen molar-refractivity contribution in [3.05, 3.63) is 35.9 Å². The Bertz CT molecular complexity index is 383. The molecule has 0 radical (unpaired) electrons. The third-order valence-electron chi connectivity index (χ3n) is 4.37. The lowest BCUT2D eigenvalue weighted by atomic mass is 10.1. The molecule has 1 N–H and O–H groups in total. The zero-order valence-electron chi connectivity index (χ0n) is 16.1. The number of aliphatic hydroxyl groups excluding tert-OH is 1. The summed E-state index contributed by atoms with van der Waals surface area (Å²) in [4.78, 5) is 0. The van der Waals surface area contributed by atoms with E-state index in [1.54, 1.807) is 11.8 Å². The van der Waals surface area contributed by atoms with Gasteiger partial charge in [0.05, 0.1) is 12.7 Å². The molecule has 1 unspecified atom stereocenters. The SMILES string of the molecule is CCCCCCCCCCCCOCC(O)CSCc1ccccc1. The normalized spacial score (nSPS) is 12.4. The Kier molecular flexibility index (Phi) is 15.3. The molecule has 0 aliphatic heterocycles. The van der Waals surface area contributed by atoms with Crippen LogP contribution in [0.15, 0.2) is 30.3 Å². The Morgan fingerprint density at radius 3 is 2.12 bits per heavy atom. The van der Waals surface area contributed by atoms with Gasteiger partial charge < -0.3 is 9.84 Å². The van der Waals surface area contributed by atoms with Gasteiger partial charge >= 0.3 is 0 Å². The minimum absolute atomic E-state index is 0.350. The van der Waals surface area contributed by atoms with Gasteiger partial charge in [0.25, 0.3) is 0 Å². The molecule has 0 saturated heterocycles. The van der Waals surface area contributed by atoms with Crippen LogP contribution in [0.1, 0.15) is 76.7 Å². The number of benzene rings is 1. The van der Waals surface area contributed by atoms with Gasteiger partial charge in [0.2, 0.25) is 0 Å². The molecular formula is C22H38O2S. The fourth-order valence-electron chi connectivity index (χ4n) is 2.85. The summed E-state index contributed by atoms with van der Waals surface area (Å²) in [5.74, 6) is 1.70. The van der Waals surface area contributed by atoms with E-state index in [0.29, 0.717) is 6.61 Å². The molecule has 0 spiro atoms. The van der Waals surface area contributed by atoms with Crippen LogP contribution in [0.4, 0.5) is 0 Å². The summed E-state index contributed by atoms with van der Waals surface area (Å²) in [6, 6.07) is 10.4. The lowest BCUT2D eigenvalue weighted by molar-refractivity contribution is 0.0467. The Morgan fingerprint density at radius 1 is 0.880 bits per heavy atom. The molecule has 0 amide bonds. The van der Waals surface area contributed by atoms with Gasteiger partial charge in [-0.3, -0.25) is 0 Å². The summed E-state index contributed by atoms with van der Waals surface area (Å²) >= 11 is 1.77. The first-order chi connectivity index (χ1) is 12.3. The molecule has 0 aromatic heterocycles. The fraction of sp³-hybridized carbons (Fsp3) is 0.727. The van der Waals surface area contributed by atoms with Gasteiger partial charge in [0.1, 0.15) is 0 Å². The Balaban J connectivity index is 1.80. The highest BCUT2D eigenvalue weighted by atomic mass is 32.2. The van der Waals surface area contributed by atoms with E-state index in [-0.39, 0.29) is 6.10 Å². The van der Waals surface area contributed by atoms with E-state index in [1.165, 1.54) is 63.4 Å². The second kappa shape index (κ2) is 16.9. The van der Waals surface area contributed by atoms with Crippen molar-refractivity contribution in [2.24, 2.45) is 0 Å². The van der Waals surface area contributed by atoms with Gasteiger partial charge in [-0.15, -0.1) is 0 Å². The van der Waals surface area contributed by atoms with Gasteiger partial charge in [-0.05, 0) is 12.0 Å². The van der Waals surface area contributed by atoms with Crippen molar-refractivity contribution in [1.82, 2.24) is 0 Å². The molecule has 1 rings (SSSR count). The monoisotopic (exact) mass is 366 g/mol. The topological polar surface area (TPSA) is 29.5 Å². The number of hydrogen-bond acceptors (Lipinski definition) is 3. The van der Waals surface area contributed by atoms with Gasteiger partial charge in [-0.25, -0.2) is 0 Å². The summed E-state index contributed by atoms with van der Waals surface area (Å²) in [5, 5.41) is 9.94. The zero-order chi connectivity index (χ0) is 18.0. The second-order valence-electron chi connectivity index (χ2n) is 6.91. The number of rotatable bonds is 17. The van der Waals surface area contributed by atoms with Crippen LogP contribution in [0.5, 0.6) is 0 Å². The zero-order valence-corrected chi connectivity index (χ0v) is 16.9. The highest BCUT2D eigenvalue weighted by molar-refractivity contribution is 7.98. The van der Waals surface area contributed by atoms with E-state index in [2.05, 4.69) is 31.2 Å². The molecule has 0 aliphatic carbocycles. The molecule has 0 heterocycles. The number of aliphatic hydroxyl groups is 1. The lowest BCUT2D eigenvalue weighted by Gasteiger charge is -2.11. The summed E-state index contributed by atoms with van der Waals surface area (Å²) in [6.45, 7) is 3.53. The molecule has 144 valence electrons. The number of unbranched alkanes of at least 4 members (excludes halogenated alkanes) is 9. The van der Waals surface area contributed by atoms with Gasteiger partial charge in [0, 0.05) is 18.1 Å². The highest BCUT2D eigenvalue weighted by Gasteiger charge is 2.04.